The van der Waals surface area contributed by atoms with Crippen molar-refractivity contribution in [3.05, 3.63) is 63.1 Å². The molecule has 158 valence electrons. The van der Waals surface area contributed by atoms with E-state index in [1.807, 2.05) is 6.92 Å². The Hall–Kier alpha value is -2.22. The van der Waals surface area contributed by atoms with Gasteiger partial charge in [-0.2, -0.15) is 0 Å². The summed E-state index contributed by atoms with van der Waals surface area (Å²) in [4.78, 5) is 39.3. The highest BCUT2D eigenvalue weighted by molar-refractivity contribution is 9.10. The number of unbranched alkanes of at least 4 members (excludes halogenated alkanes) is 1. The monoisotopic (exact) mass is 493 g/mol. The highest BCUT2D eigenvalue weighted by atomic mass is 79.9. The molecule has 1 amide bonds. The molecule has 0 radical (unpaired) electrons. The number of halogens is 2. The van der Waals surface area contributed by atoms with Crippen molar-refractivity contribution in [3.63, 3.8) is 0 Å². The van der Waals surface area contributed by atoms with Gasteiger partial charge in [-0.25, -0.2) is 0 Å². The van der Waals surface area contributed by atoms with E-state index >= 15 is 0 Å². The molecule has 0 fully saturated rings. The van der Waals surface area contributed by atoms with Gasteiger partial charge < -0.3 is 9.84 Å². The molecule has 0 saturated heterocycles. The van der Waals surface area contributed by atoms with Crippen molar-refractivity contribution in [3.8, 4) is 0 Å². The number of anilines is 1. The largest absolute Gasteiger partial charge is 0.464 e. The Balaban J connectivity index is 1.88. The minimum Gasteiger partial charge on any atom is -0.464 e. The van der Waals surface area contributed by atoms with Crippen LogP contribution in [0.1, 0.15) is 42.1 Å². The Morgan fingerprint density at radius 1 is 1.20 bits per heavy atom. The Morgan fingerprint density at radius 3 is 2.57 bits per heavy atom. The van der Waals surface area contributed by atoms with Gasteiger partial charge in [0.25, 0.3) is 5.91 Å². The minimum atomic E-state index is -2.08. The van der Waals surface area contributed by atoms with Crippen molar-refractivity contribution >= 4 is 50.9 Å². The van der Waals surface area contributed by atoms with E-state index in [-0.39, 0.29) is 18.7 Å². The Kier molecular flexibility index (Phi) is 6.95. The van der Waals surface area contributed by atoms with Crippen molar-refractivity contribution < 1.29 is 24.2 Å². The first-order valence-electron chi connectivity index (χ1n) is 9.55. The molecule has 1 N–H and O–H groups in total. The molecular formula is C22H21BrClNO5. The van der Waals surface area contributed by atoms with Gasteiger partial charge in [-0.3, -0.25) is 19.3 Å². The van der Waals surface area contributed by atoms with Gasteiger partial charge in [0.1, 0.15) is 6.54 Å². The van der Waals surface area contributed by atoms with Gasteiger partial charge in [-0.1, -0.05) is 40.9 Å². The Morgan fingerprint density at radius 2 is 1.90 bits per heavy atom. The Bertz CT molecular complexity index is 978. The van der Waals surface area contributed by atoms with Gasteiger partial charge >= 0.3 is 5.97 Å². The molecule has 0 aromatic heterocycles. The molecule has 2 aromatic carbocycles. The average molecular weight is 495 g/mol. The number of aliphatic hydroxyl groups is 1. The number of nitrogens with zero attached hydrogens (tertiary/aromatic N) is 1. The lowest BCUT2D eigenvalue weighted by Crippen LogP contribution is -2.44. The standard InChI is InChI=1S/C22H21BrClNO5/c1-2-3-10-30-20(27)13-25-18-9-6-15(23)11-17(18)22(29,21(25)28)12-19(26)14-4-7-16(24)8-5-14/h4-9,11,29H,2-3,10,12-13H2,1H3. The van der Waals surface area contributed by atoms with Crippen molar-refractivity contribution in [2.75, 3.05) is 18.1 Å². The topological polar surface area (TPSA) is 83.9 Å². The number of esters is 1. The number of carbonyl (C=O) groups excluding carboxylic acids is 3. The van der Waals surface area contributed by atoms with Crippen LogP contribution < -0.4 is 4.90 Å². The molecule has 1 aliphatic heterocycles. The summed E-state index contributed by atoms with van der Waals surface area (Å²) in [6, 6.07) is 11.1. The summed E-state index contributed by atoms with van der Waals surface area (Å²) in [5, 5.41) is 11.8. The van der Waals surface area contributed by atoms with Gasteiger partial charge in [0.15, 0.2) is 11.4 Å². The minimum absolute atomic E-state index is 0.268. The number of amides is 1. The lowest BCUT2D eigenvalue weighted by atomic mass is 9.88. The van der Waals surface area contributed by atoms with Crippen LogP contribution in [0.25, 0.3) is 0 Å². The molecular weight excluding hydrogens is 474 g/mol. The fraction of sp³-hybridized carbons (Fsp3) is 0.318. The molecule has 0 aliphatic carbocycles. The van der Waals surface area contributed by atoms with E-state index in [0.29, 0.717) is 20.7 Å². The third-order valence-electron chi connectivity index (χ3n) is 4.92. The maximum absolute atomic E-state index is 13.2. The van der Waals surface area contributed by atoms with Crippen LogP contribution in [0.4, 0.5) is 5.69 Å². The van der Waals surface area contributed by atoms with Crippen LogP contribution in [-0.2, 0) is 19.9 Å². The lowest BCUT2D eigenvalue weighted by Gasteiger charge is -2.22. The molecule has 0 bridgehead atoms. The molecule has 1 unspecified atom stereocenters. The van der Waals surface area contributed by atoms with E-state index in [2.05, 4.69) is 15.9 Å². The van der Waals surface area contributed by atoms with Crippen LogP contribution in [0.2, 0.25) is 5.02 Å². The molecule has 1 heterocycles. The predicted molar refractivity (Wildman–Crippen MR) is 117 cm³/mol. The third-order valence-corrected chi connectivity index (χ3v) is 5.67. The van der Waals surface area contributed by atoms with Crippen LogP contribution >= 0.6 is 27.5 Å². The predicted octanol–water partition coefficient (Wildman–Crippen LogP) is 4.25. The second-order valence-corrected chi connectivity index (χ2v) is 8.45. The van der Waals surface area contributed by atoms with E-state index in [1.54, 1.807) is 30.3 Å². The van der Waals surface area contributed by atoms with E-state index in [4.69, 9.17) is 16.3 Å². The van der Waals surface area contributed by atoms with E-state index in [1.165, 1.54) is 17.0 Å². The van der Waals surface area contributed by atoms with Gasteiger partial charge in [0, 0.05) is 20.6 Å². The zero-order valence-electron chi connectivity index (χ0n) is 16.4. The number of ketones is 1. The fourth-order valence-corrected chi connectivity index (χ4v) is 3.81. The quantitative estimate of drug-likeness (QED) is 0.337. The summed E-state index contributed by atoms with van der Waals surface area (Å²) >= 11 is 9.20. The zero-order chi connectivity index (χ0) is 21.9. The maximum Gasteiger partial charge on any atom is 0.326 e. The zero-order valence-corrected chi connectivity index (χ0v) is 18.7. The van der Waals surface area contributed by atoms with E-state index in [9.17, 15) is 19.5 Å². The number of fused-ring (bicyclic) bond motifs is 1. The molecule has 1 aliphatic rings. The van der Waals surface area contributed by atoms with Crippen molar-refractivity contribution in [1.82, 2.24) is 0 Å². The molecule has 3 rings (SSSR count). The van der Waals surface area contributed by atoms with Crippen molar-refractivity contribution in [2.24, 2.45) is 0 Å². The van der Waals surface area contributed by atoms with Crippen LogP contribution in [-0.4, -0.2) is 35.9 Å². The summed E-state index contributed by atoms with van der Waals surface area (Å²) < 4.78 is 5.80. The highest BCUT2D eigenvalue weighted by Gasteiger charge is 2.51. The molecule has 8 heteroatoms. The summed E-state index contributed by atoms with van der Waals surface area (Å²) in [6.45, 7) is 1.91. The van der Waals surface area contributed by atoms with Crippen LogP contribution in [0, 0.1) is 0 Å². The van der Waals surface area contributed by atoms with Gasteiger partial charge in [0.2, 0.25) is 0 Å². The average Bonchev–Trinajstić information content (AvgIpc) is 2.90. The molecule has 30 heavy (non-hydrogen) atoms. The highest BCUT2D eigenvalue weighted by Crippen LogP contribution is 2.44. The molecule has 0 saturated carbocycles. The first-order valence-corrected chi connectivity index (χ1v) is 10.7. The normalized spacial score (nSPS) is 17.7. The van der Waals surface area contributed by atoms with Gasteiger partial charge in [0.05, 0.1) is 18.7 Å². The first kappa shape index (κ1) is 22.5. The number of hydrogen-bond donors (Lipinski definition) is 1. The first-order chi connectivity index (χ1) is 14.3. The van der Waals surface area contributed by atoms with E-state index in [0.717, 1.165) is 12.8 Å². The van der Waals surface area contributed by atoms with Crippen LogP contribution in [0.15, 0.2) is 46.9 Å². The third kappa shape index (κ3) is 4.58. The van der Waals surface area contributed by atoms with Gasteiger partial charge in [-0.05, 0) is 48.9 Å². The number of benzene rings is 2. The fourth-order valence-electron chi connectivity index (χ4n) is 3.33. The summed E-state index contributed by atoms with van der Waals surface area (Å²) in [5.74, 6) is -1.72. The SMILES string of the molecule is CCCCOC(=O)CN1C(=O)C(O)(CC(=O)c2ccc(Cl)cc2)c2cc(Br)ccc21. The second kappa shape index (κ2) is 9.29. The van der Waals surface area contributed by atoms with Crippen molar-refractivity contribution in [2.45, 2.75) is 31.8 Å². The smallest absolute Gasteiger partial charge is 0.326 e. The number of ether oxygens (including phenoxy) is 1. The molecule has 0 spiro atoms. The second-order valence-electron chi connectivity index (χ2n) is 7.09. The summed E-state index contributed by atoms with van der Waals surface area (Å²) in [7, 11) is 0. The number of carbonyl (C=O) groups is 3. The van der Waals surface area contributed by atoms with Crippen molar-refractivity contribution in [1.29, 1.82) is 0 Å². The maximum atomic E-state index is 13.2. The van der Waals surface area contributed by atoms with Crippen LogP contribution in [0.3, 0.4) is 0 Å². The Labute approximate surface area is 187 Å². The summed E-state index contributed by atoms with van der Waals surface area (Å²) in [6.07, 6.45) is 1.14. The number of Topliss-reactive ketones (excluding diaryl/α,β-unsaturated/α-hetero) is 1. The van der Waals surface area contributed by atoms with Gasteiger partial charge in [-0.15, -0.1) is 0 Å². The van der Waals surface area contributed by atoms with Crippen LogP contribution in [0.5, 0.6) is 0 Å². The molecule has 1 atom stereocenters. The van der Waals surface area contributed by atoms with E-state index < -0.39 is 29.7 Å². The summed E-state index contributed by atoms with van der Waals surface area (Å²) in [5.41, 5.74) is -1.11. The number of hydrogen-bond acceptors (Lipinski definition) is 5. The molecule has 2 aromatic rings. The number of rotatable bonds is 8. The lowest BCUT2D eigenvalue weighted by molar-refractivity contribution is -0.144. The molecule has 6 nitrogen and oxygen atoms in total.